The molecule has 0 amide bonds. The van der Waals surface area contributed by atoms with E-state index in [9.17, 15) is 13.2 Å². The van der Waals surface area contributed by atoms with Crippen LogP contribution >= 0.6 is 15.9 Å². The monoisotopic (exact) mass is 420 g/mol. The van der Waals surface area contributed by atoms with Crippen molar-refractivity contribution in [3.05, 3.63) is 28.2 Å². The summed E-state index contributed by atoms with van der Waals surface area (Å²) >= 11 is 3.26. The molecule has 1 unspecified atom stereocenters. The number of halogens is 4. The fourth-order valence-electron chi connectivity index (χ4n) is 2.22. The van der Waals surface area contributed by atoms with Gasteiger partial charge in [0.15, 0.2) is 0 Å². The van der Waals surface area contributed by atoms with Gasteiger partial charge in [-0.1, -0.05) is 6.92 Å². The summed E-state index contributed by atoms with van der Waals surface area (Å²) < 4.78 is 52.3. The summed E-state index contributed by atoms with van der Waals surface area (Å²) in [4.78, 5) is 4.18. The summed E-state index contributed by atoms with van der Waals surface area (Å²) in [5.74, 6) is 0.00526. The van der Waals surface area contributed by atoms with Gasteiger partial charge in [-0.05, 0) is 48.3 Å². The third kappa shape index (κ3) is 4.76. The maximum Gasteiger partial charge on any atom is 0.417 e. The maximum absolute atomic E-state index is 13.6. The molecular weight excluding hydrogens is 401 g/mol. The Bertz CT molecular complexity index is 751. The first-order chi connectivity index (χ1) is 11.6. The lowest BCUT2D eigenvalue weighted by Crippen LogP contribution is -2.27. The molecule has 0 aliphatic rings. The van der Waals surface area contributed by atoms with E-state index in [-0.39, 0.29) is 41.3 Å². The Morgan fingerprint density at radius 1 is 1.28 bits per heavy atom. The quantitative estimate of drug-likeness (QED) is 0.720. The summed E-state index contributed by atoms with van der Waals surface area (Å²) in [6.45, 7) is 5.43. The molecule has 0 saturated carbocycles. The predicted octanol–water partition coefficient (Wildman–Crippen LogP) is 4.92. The number of pyridine rings is 1. The Kier molecular flexibility index (Phi) is 6.16. The smallest absolute Gasteiger partial charge is 0.417 e. The summed E-state index contributed by atoms with van der Waals surface area (Å²) in [6, 6.07) is 3.73. The molecule has 0 aliphatic heterocycles. The lowest BCUT2D eigenvalue weighted by Gasteiger charge is -2.19. The van der Waals surface area contributed by atoms with Crippen LogP contribution in [0.3, 0.4) is 0 Å². The largest absolute Gasteiger partial charge is 0.490 e. The molecule has 0 fully saturated rings. The number of hydrogen-bond donors (Lipinski definition) is 1. The number of ether oxygens (including phenoxy) is 2. The van der Waals surface area contributed by atoms with E-state index in [2.05, 4.69) is 20.9 Å². The lowest BCUT2D eigenvalue weighted by molar-refractivity contribution is -0.136. The highest BCUT2D eigenvalue weighted by molar-refractivity contribution is 9.10. The van der Waals surface area contributed by atoms with Crippen molar-refractivity contribution in [2.45, 2.75) is 45.5 Å². The molecule has 2 aromatic rings. The average Bonchev–Trinajstić information content (AvgIpc) is 2.51. The van der Waals surface area contributed by atoms with E-state index in [4.69, 9.17) is 15.2 Å². The van der Waals surface area contributed by atoms with Gasteiger partial charge in [-0.15, -0.1) is 0 Å². The molecule has 1 aromatic heterocycles. The fraction of sp³-hybridized carbons (Fsp3) is 0.471. The van der Waals surface area contributed by atoms with E-state index < -0.39 is 11.7 Å². The number of rotatable bonds is 6. The first-order valence-electron chi connectivity index (χ1n) is 7.89. The van der Waals surface area contributed by atoms with Gasteiger partial charge in [0, 0.05) is 12.1 Å². The van der Waals surface area contributed by atoms with Crippen LogP contribution < -0.4 is 15.2 Å². The molecule has 0 radical (unpaired) electrons. The van der Waals surface area contributed by atoms with Crippen LogP contribution in [-0.2, 0) is 6.18 Å². The molecule has 1 aromatic carbocycles. The number of aromatic nitrogens is 1. The third-order valence-electron chi connectivity index (χ3n) is 3.48. The van der Waals surface area contributed by atoms with Crippen LogP contribution in [0.15, 0.2) is 22.7 Å². The van der Waals surface area contributed by atoms with Crippen LogP contribution in [0.1, 0.15) is 32.8 Å². The zero-order valence-corrected chi connectivity index (χ0v) is 15.7. The van der Waals surface area contributed by atoms with Gasteiger partial charge < -0.3 is 15.2 Å². The van der Waals surface area contributed by atoms with Gasteiger partial charge in [-0.2, -0.15) is 13.2 Å². The Morgan fingerprint density at radius 3 is 2.52 bits per heavy atom. The predicted molar refractivity (Wildman–Crippen MR) is 94.0 cm³/mol. The normalized spacial score (nSPS) is 13.3. The number of nitrogens with two attached hydrogens (primary N) is 1. The van der Waals surface area contributed by atoms with Crippen LogP contribution in [0.25, 0.3) is 10.9 Å². The summed E-state index contributed by atoms with van der Waals surface area (Å²) in [5, 5.41) is -0.110. The van der Waals surface area contributed by atoms with E-state index >= 15 is 0 Å². The average molecular weight is 421 g/mol. The molecule has 0 aliphatic carbocycles. The van der Waals surface area contributed by atoms with Crippen molar-refractivity contribution in [2.24, 2.45) is 5.73 Å². The van der Waals surface area contributed by atoms with Gasteiger partial charge >= 0.3 is 6.18 Å². The Morgan fingerprint density at radius 2 is 1.96 bits per heavy atom. The third-order valence-corrected chi connectivity index (χ3v) is 4.11. The van der Waals surface area contributed by atoms with Gasteiger partial charge in [-0.3, -0.25) is 0 Å². The van der Waals surface area contributed by atoms with E-state index in [1.807, 2.05) is 6.92 Å². The Hall–Kier alpha value is -1.54. The first kappa shape index (κ1) is 19.8. The van der Waals surface area contributed by atoms with Crippen LogP contribution in [0.5, 0.6) is 11.6 Å². The van der Waals surface area contributed by atoms with E-state index in [1.54, 1.807) is 19.9 Å². The van der Waals surface area contributed by atoms with Crippen LogP contribution in [0, 0.1) is 0 Å². The van der Waals surface area contributed by atoms with Gasteiger partial charge in [0.1, 0.15) is 12.4 Å². The molecule has 0 spiro atoms. The van der Waals surface area contributed by atoms with Crippen LogP contribution in [0.4, 0.5) is 13.2 Å². The molecular formula is C17H20BrF3N2O2. The Labute approximate surface area is 152 Å². The van der Waals surface area contributed by atoms with Crippen molar-refractivity contribution in [3.8, 4) is 11.6 Å². The Balaban J connectivity index is 2.65. The highest BCUT2D eigenvalue weighted by atomic mass is 79.9. The molecule has 0 bridgehead atoms. The van der Waals surface area contributed by atoms with Crippen molar-refractivity contribution < 1.29 is 22.6 Å². The summed E-state index contributed by atoms with van der Waals surface area (Å²) in [7, 11) is 0. The second-order valence-corrected chi connectivity index (χ2v) is 6.78. The second kappa shape index (κ2) is 7.78. The number of nitrogens with zero attached hydrogens (tertiary/aromatic N) is 1. The van der Waals surface area contributed by atoms with Gasteiger partial charge in [0.05, 0.1) is 27.0 Å². The molecule has 2 rings (SSSR count). The van der Waals surface area contributed by atoms with E-state index in [0.717, 1.165) is 6.07 Å². The molecule has 0 saturated heterocycles. The molecule has 2 N–H and O–H groups in total. The maximum atomic E-state index is 13.6. The molecule has 25 heavy (non-hydrogen) atoms. The SMILES string of the molecule is CCC(N)COc1c(Br)ccc2nc(OC(C)C)cc(C(F)(F)F)c12. The van der Waals surface area contributed by atoms with Crippen molar-refractivity contribution in [3.63, 3.8) is 0 Å². The minimum atomic E-state index is -4.58. The zero-order valence-electron chi connectivity index (χ0n) is 14.2. The minimum Gasteiger partial charge on any atom is -0.490 e. The summed E-state index contributed by atoms with van der Waals surface area (Å²) in [5.41, 5.74) is 5.11. The number of benzene rings is 1. The van der Waals surface area contributed by atoms with Gasteiger partial charge in [0.2, 0.25) is 5.88 Å². The van der Waals surface area contributed by atoms with E-state index in [0.29, 0.717) is 10.9 Å². The highest BCUT2D eigenvalue weighted by Gasteiger charge is 2.35. The first-order valence-corrected chi connectivity index (χ1v) is 8.68. The zero-order chi connectivity index (χ0) is 18.8. The highest BCUT2D eigenvalue weighted by Crippen LogP contribution is 2.43. The lowest BCUT2D eigenvalue weighted by atomic mass is 10.1. The van der Waals surface area contributed by atoms with Crippen LogP contribution in [-0.4, -0.2) is 23.7 Å². The molecule has 138 valence electrons. The van der Waals surface area contributed by atoms with Crippen molar-refractivity contribution in [1.29, 1.82) is 0 Å². The molecule has 4 nitrogen and oxygen atoms in total. The van der Waals surface area contributed by atoms with Gasteiger partial charge in [-0.25, -0.2) is 4.98 Å². The van der Waals surface area contributed by atoms with Gasteiger partial charge in [0.25, 0.3) is 0 Å². The standard InChI is InChI=1S/C17H20BrF3N2O2/c1-4-10(22)8-24-16-12(18)5-6-13-15(16)11(17(19,20)21)7-14(23-13)25-9(2)3/h5-7,9-10H,4,8,22H2,1-3H3. The topological polar surface area (TPSA) is 57.4 Å². The summed E-state index contributed by atoms with van der Waals surface area (Å²) in [6.07, 6.45) is -4.22. The van der Waals surface area contributed by atoms with Crippen LogP contribution in [0.2, 0.25) is 0 Å². The number of fused-ring (bicyclic) bond motifs is 1. The van der Waals surface area contributed by atoms with Crippen molar-refractivity contribution in [2.75, 3.05) is 6.61 Å². The second-order valence-electron chi connectivity index (χ2n) is 5.92. The minimum absolute atomic E-state index is 0.0756. The molecule has 1 heterocycles. The molecule has 8 heteroatoms. The molecule has 1 atom stereocenters. The fourth-order valence-corrected chi connectivity index (χ4v) is 2.67. The van der Waals surface area contributed by atoms with E-state index in [1.165, 1.54) is 6.07 Å². The number of hydrogen-bond acceptors (Lipinski definition) is 4. The van der Waals surface area contributed by atoms with Crippen molar-refractivity contribution >= 4 is 26.8 Å². The van der Waals surface area contributed by atoms with Crippen molar-refractivity contribution in [1.82, 2.24) is 4.98 Å². The number of alkyl halides is 3.